The molecule has 18 heavy (non-hydrogen) atoms. The Kier molecular flexibility index (Phi) is 2.07. The molecular weight excluding hydrogens is 232 g/mol. The number of nitrogens with two attached hydrogens (primary N) is 1. The molecular formula is C12H12N4O2. The molecule has 0 spiro atoms. The molecule has 6 heteroatoms. The van der Waals surface area contributed by atoms with Gasteiger partial charge in [0.1, 0.15) is 0 Å². The standard InChI is InChI=1S/C12H12N4O2/c1-6-10(13)11-14-9-4-7(12(17)18)2-3-8(9)5-16(11)15-6/h2-4,14H,5,13H2,1H3,(H,17,18). The summed E-state index contributed by atoms with van der Waals surface area (Å²) in [6.45, 7) is 2.44. The predicted octanol–water partition coefficient (Wildman–Crippen LogP) is 1.58. The predicted molar refractivity (Wildman–Crippen MR) is 67.2 cm³/mol. The molecule has 0 unspecified atom stereocenters. The van der Waals surface area contributed by atoms with Crippen LogP contribution < -0.4 is 11.1 Å². The third-order valence-corrected chi connectivity index (χ3v) is 3.10. The molecule has 1 aromatic carbocycles. The summed E-state index contributed by atoms with van der Waals surface area (Å²) < 4.78 is 1.79. The number of fused-ring (bicyclic) bond motifs is 2. The summed E-state index contributed by atoms with van der Waals surface area (Å²) in [5, 5.41) is 16.4. The van der Waals surface area contributed by atoms with Crippen molar-refractivity contribution in [1.82, 2.24) is 9.78 Å². The van der Waals surface area contributed by atoms with Crippen LogP contribution in [0.25, 0.3) is 0 Å². The van der Waals surface area contributed by atoms with Crippen LogP contribution in [0.5, 0.6) is 0 Å². The van der Waals surface area contributed by atoms with Crippen LogP contribution in [-0.2, 0) is 6.54 Å². The molecule has 2 aromatic rings. The Bertz CT molecular complexity index is 660. The first-order chi connectivity index (χ1) is 8.56. The molecule has 0 atom stereocenters. The quantitative estimate of drug-likeness (QED) is 0.604. The highest BCUT2D eigenvalue weighted by atomic mass is 16.4. The number of hydrogen-bond acceptors (Lipinski definition) is 4. The fraction of sp³-hybridized carbons (Fsp3) is 0.167. The van der Waals surface area contributed by atoms with Gasteiger partial charge in [0, 0.05) is 5.69 Å². The summed E-state index contributed by atoms with van der Waals surface area (Å²) in [6.07, 6.45) is 0. The molecule has 2 heterocycles. The van der Waals surface area contributed by atoms with Gasteiger partial charge in [-0.3, -0.25) is 0 Å². The van der Waals surface area contributed by atoms with E-state index in [1.165, 1.54) is 0 Å². The molecule has 3 rings (SSSR count). The van der Waals surface area contributed by atoms with Crippen molar-refractivity contribution in [3.63, 3.8) is 0 Å². The van der Waals surface area contributed by atoms with Crippen LogP contribution in [0.1, 0.15) is 21.6 Å². The number of nitrogen functional groups attached to an aromatic ring is 1. The van der Waals surface area contributed by atoms with Crippen LogP contribution in [0.4, 0.5) is 17.2 Å². The number of carboxylic acids is 1. The average molecular weight is 244 g/mol. The maximum absolute atomic E-state index is 10.9. The molecule has 0 saturated heterocycles. The molecule has 0 fully saturated rings. The summed E-state index contributed by atoms with van der Waals surface area (Å²) in [4.78, 5) is 10.9. The number of aryl methyl sites for hydroxylation is 1. The number of benzene rings is 1. The lowest BCUT2D eigenvalue weighted by atomic mass is 10.1. The summed E-state index contributed by atoms with van der Waals surface area (Å²) in [5.74, 6) is -0.217. The molecule has 0 saturated carbocycles. The van der Waals surface area contributed by atoms with E-state index < -0.39 is 5.97 Å². The van der Waals surface area contributed by atoms with E-state index in [9.17, 15) is 4.79 Å². The lowest BCUT2D eigenvalue weighted by Gasteiger charge is -2.20. The minimum atomic E-state index is -0.942. The van der Waals surface area contributed by atoms with E-state index in [0.717, 1.165) is 22.8 Å². The number of anilines is 3. The highest BCUT2D eigenvalue weighted by Crippen LogP contribution is 2.33. The second kappa shape index (κ2) is 3.49. The first-order valence-corrected chi connectivity index (χ1v) is 5.52. The third-order valence-electron chi connectivity index (χ3n) is 3.10. The lowest BCUT2D eigenvalue weighted by molar-refractivity contribution is 0.0697. The summed E-state index contributed by atoms with van der Waals surface area (Å²) in [7, 11) is 0. The lowest BCUT2D eigenvalue weighted by Crippen LogP contribution is -2.15. The number of nitrogens with one attached hydrogen (secondary N) is 1. The van der Waals surface area contributed by atoms with Crippen molar-refractivity contribution in [3.8, 4) is 0 Å². The molecule has 1 aliphatic rings. The molecule has 92 valence electrons. The maximum atomic E-state index is 10.9. The minimum Gasteiger partial charge on any atom is -0.478 e. The smallest absolute Gasteiger partial charge is 0.335 e. The number of aromatic carboxylic acids is 1. The van der Waals surface area contributed by atoms with Gasteiger partial charge >= 0.3 is 5.97 Å². The zero-order valence-electron chi connectivity index (χ0n) is 9.77. The topological polar surface area (TPSA) is 93.2 Å². The second-order valence-electron chi connectivity index (χ2n) is 4.31. The normalized spacial score (nSPS) is 12.5. The fourth-order valence-corrected chi connectivity index (χ4v) is 2.09. The van der Waals surface area contributed by atoms with Crippen molar-refractivity contribution in [2.45, 2.75) is 13.5 Å². The van der Waals surface area contributed by atoms with Crippen LogP contribution in [-0.4, -0.2) is 20.9 Å². The van der Waals surface area contributed by atoms with Crippen LogP contribution in [0, 0.1) is 6.92 Å². The third kappa shape index (κ3) is 1.42. The Balaban J connectivity index is 2.08. The zero-order valence-corrected chi connectivity index (χ0v) is 9.77. The van der Waals surface area contributed by atoms with Gasteiger partial charge in [0.15, 0.2) is 5.82 Å². The first kappa shape index (κ1) is 10.6. The Morgan fingerprint density at radius 2 is 2.33 bits per heavy atom. The Hall–Kier alpha value is -2.50. The SMILES string of the molecule is Cc1nn2c(c1N)Nc1cc(C(=O)O)ccc1C2. The van der Waals surface area contributed by atoms with E-state index in [1.807, 2.05) is 6.92 Å². The molecule has 1 aromatic heterocycles. The number of hydrogen-bond donors (Lipinski definition) is 3. The number of rotatable bonds is 1. The molecule has 0 bridgehead atoms. The molecule has 4 N–H and O–H groups in total. The second-order valence-corrected chi connectivity index (χ2v) is 4.31. The number of carbonyl (C=O) groups is 1. The highest BCUT2D eigenvalue weighted by Gasteiger charge is 2.20. The highest BCUT2D eigenvalue weighted by molar-refractivity contribution is 5.90. The zero-order chi connectivity index (χ0) is 12.9. The van der Waals surface area contributed by atoms with Crippen molar-refractivity contribution in [2.75, 3.05) is 11.1 Å². The number of nitrogens with zero attached hydrogens (tertiary/aromatic N) is 2. The van der Waals surface area contributed by atoms with Gasteiger partial charge in [-0.25, -0.2) is 9.48 Å². The van der Waals surface area contributed by atoms with Crippen molar-refractivity contribution in [2.24, 2.45) is 0 Å². The number of aromatic nitrogens is 2. The van der Waals surface area contributed by atoms with Crippen molar-refractivity contribution in [1.29, 1.82) is 0 Å². The van der Waals surface area contributed by atoms with E-state index in [2.05, 4.69) is 10.4 Å². The Morgan fingerprint density at radius 1 is 1.56 bits per heavy atom. The fourth-order valence-electron chi connectivity index (χ4n) is 2.09. The van der Waals surface area contributed by atoms with Gasteiger partial charge < -0.3 is 16.2 Å². The Morgan fingerprint density at radius 3 is 3.06 bits per heavy atom. The van der Waals surface area contributed by atoms with Gasteiger partial charge in [-0.2, -0.15) is 5.10 Å². The van der Waals surface area contributed by atoms with E-state index in [4.69, 9.17) is 10.8 Å². The van der Waals surface area contributed by atoms with Gasteiger partial charge in [0.2, 0.25) is 0 Å². The number of carboxylic acid groups (broad SMARTS) is 1. The first-order valence-electron chi connectivity index (χ1n) is 5.52. The van der Waals surface area contributed by atoms with Crippen molar-refractivity contribution in [3.05, 3.63) is 35.0 Å². The Labute approximate surface area is 103 Å². The van der Waals surface area contributed by atoms with E-state index in [0.29, 0.717) is 12.2 Å². The van der Waals surface area contributed by atoms with Crippen LogP contribution >= 0.6 is 0 Å². The summed E-state index contributed by atoms with van der Waals surface area (Å²) >= 11 is 0. The van der Waals surface area contributed by atoms with E-state index in [1.54, 1.807) is 22.9 Å². The molecule has 0 aliphatic carbocycles. The summed E-state index contributed by atoms with van der Waals surface area (Å²) in [5.41, 5.74) is 9.30. The van der Waals surface area contributed by atoms with Crippen molar-refractivity contribution < 1.29 is 9.90 Å². The minimum absolute atomic E-state index is 0.254. The van der Waals surface area contributed by atoms with Crippen molar-refractivity contribution >= 4 is 23.2 Å². The maximum Gasteiger partial charge on any atom is 0.335 e. The summed E-state index contributed by atoms with van der Waals surface area (Å²) in [6, 6.07) is 5.00. The van der Waals surface area contributed by atoms with Gasteiger partial charge in [-0.05, 0) is 24.6 Å². The van der Waals surface area contributed by atoms with Gasteiger partial charge in [-0.15, -0.1) is 0 Å². The van der Waals surface area contributed by atoms with Crippen LogP contribution in [0.2, 0.25) is 0 Å². The molecule has 1 aliphatic heterocycles. The van der Waals surface area contributed by atoms with Gasteiger partial charge in [0.05, 0.1) is 23.5 Å². The largest absolute Gasteiger partial charge is 0.478 e. The van der Waals surface area contributed by atoms with Gasteiger partial charge in [-0.1, -0.05) is 6.07 Å². The monoisotopic (exact) mass is 244 g/mol. The van der Waals surface area contributed by atoms with Crippen LogP contribution in [0.15, 0.2) is 18.2 Å². The van der Waals surface area contributed by atoms with Crippen LogP contribution in [0.3, 0.4) is 0 Å². The molecule has 6 nitrogen and oxygen atoms in total. The molecule has 0 radical (unpaired) electrons. The van der Waals surface area contributed by atoms with E-state index >= 15 is 0 Å². The molecule has 0 amide bonds. The van der Waals surface area contributed by atoms with Gasteiger partial charge in [0.25, 0.3) is 0 Å². The average Bonchev–Trinajstić information content (AvgIpc) is 2.61. The van der Waals surface area contributed by atoms with E-state index in [-0.39, 0.29) is 5.56 Å².